The minimum atomic E-state index is -0.741. The quantitative estimate of drug-likeness (QED) is 0.545. The van der Waals surface area contributed by atoms with Crippen molar-refractivity contribution in [3.05, 3.63) is 83.2 Å². The summed E-state index contributed by atoms with van der Waals surface area (Å²) in [5, 5.41) is 11.4. The SMILES string of the molecule is Cc1ccc2nc(-c3ccc(NC(=O)c4ccc(C#N)cc4F)cc3)oc2c1. The number of amides is 1. The van der Waals surface area contributed by atoms with Crippen LogP contribution in [0.2, 0.25) is 0 Å². The molecule has 3 aromatic carbocycles. The molecule has 0 aliphatic carbocycles. The molecule has 5 nitrogen and oxygen atoms in total. The standard InChI is InChI=1S/C22H14FN3O2/c1-13-2-9-19-20(10-13)28-22(26-19)15-4-6-16(7-5-15)25-21(27)17-8-3-14(12-24)11-18(17)23/h2-11H,1H3,(H,25,27). The van der Waals surface area contributed by atoms with Crippen LogP contribution in [0.3, 0.4) is 0 Å². The smallest absolute Gasteiger partial charge is 0.258 e. The summed E-state index contributed by atoms with van der Waals surface area (Å²) < 4.78 is 19.8. The van der Waals surface area contributed by atoms with E-state index in [-0.39, 0.29) is 11.1 Å². The van der Waals surface area contributed by atoms with Crippen molar-refractivity contribution in [1.82, 2.24) is 4.98 Å². The molecule has 0 saturated carbocycles. The van der Waals surface area contributed by atoms with Crippen molar-refractivity contribution >= 4 is 22.7 Å². The molecule has 0 aliphatic heterocycles. The van der Waals surface area contributed by atoms with Crippen molar-refractivity contribution < 1.29 is 13.6 Å². The van der Waals surface area contributed by atoms with Crippen molar-refractivity contribution in [3.8, 4) is 17.5 Å². The fourth-order valence-electron chi connectivity index (χ4n) is 2.82. The molecule has 4 aromatic rings. The van der Waals surface area contributed by atoms with E-state index < -0.39 is 11.7 Å². The Balaban J connectivity index is 1.54. The number of nitriles is 1. The van der Waals surface area contributed by atoms with Gasteiger partial charge in [-0.1, -0.05) is 6.07 Å². The van der Waals surface area contributed by atoms with Crippen LogP contribution in [0.25, 0.3) is 22.6 Å². The Morgan fingerprint density at radius 2 is 1.89 bits per heavy atom. The molecule has 6 heteroatoms. The summed E-state index contributed by atoms with van der Waals surface area (Å²) in [5.41, 5.74) is 3.87. The summed E-state index contributed by atoms with van der Waals surface area (Å²) in [6.07, 6.45) is 0. The summed E-state index contributed by atoms with van der Waals surface area (Å²) in [6.45, 7) is 1.98. The van der Waals surface area contributed by atoms with E-state index in [1.807, 2.05) is 31.2 Å². The second kappa shape index (κ2) is 6.97. The molecule has 28 heavy (non-hydrogen) atoms. The highest BCUT2D eigenvalue weighted by Gasteiger charge is 2.13. The van der Waals surface area contributed by atoms with E-state index in [2.05, 4.69) is 10.3 Å². The van der Waals surface area contributed by atoms with Gasteiger partial charge in [-0.15, -0.1) is 0 Å². The van der Waals surface area contributed by atoms with Crippen molar-refractivity contribution in [1.29, 1.82) is 5.26 Å². The molecule has 1 amide bonds. The van der Waals surface area contributed by atoms with Gasteiger partial charge < -0.3 is 9.73 Å². The molecule has 4 rings (SSSR count). The Hall–Kier alpha value is -3.98. The van der Waals surface area contributed by atoms with Crippen LogP contribution >= 0.6 is 0 Å². The number of benzene rings is 3. The molecule has 1 heterocycles. The van der Waals surface area contributed by atoms with Gasteiger partial charge in [0.15, 0.2) is 5.58 Å². The number of hydrogen-bond acceptors (Lipinski definition) is 4. The lowest BCUT2D eigenvalue weighted by Crippen LogP contribution is -2.13. The number of aryl methyl sites for hydroxylation is 1. The van der Waals surface area contributed by atoms with Crippen molar-refractivity contribution in [2.45, 2.75) is 6.92 Å². The monoisotopic (exact) mass is 371 g/mol. The number of nitrogens with zero attached hydrogens (tertiary/aromatic N) is 2. The Kier molecular flexibility index (Phi) is 4.34. The van der Waals surface area contributed by atoms with Gasteiger partial charge in [0.05, 0.1) is 17.2 Å². The average Bonchev–Trinajstić information content (AvgIpc) is 3.11. The van der Waals surface area contributed by atoms with Crippen LogP contribution in [-0.4, -0.2) is 10.9 Å². The zero-order valence-electron chi connectivity index (χ0n) is 14.9. The van der Waals surface area contributed by atoms with Crippen LogP contribution < -0.4 is 5.32 Å². The summed E-state index contributed by atoms with van der Waals surface area (Å²) in [7, 11) is 0. The van der Waals surface area contributed by atoms with Crippen molar-refractivity contribution in [2.75, 3.05) is 5.32 Å². The Labute approximate surface area is 160 Å². The lowest BCUT2D eigenvalue weighted by atomic mass is 10.1. The summed E-state index contributed by atoms with van der Waals surface area (Å²) in [6, 6.07) is 18.3. The van der Waals surface area contributed by atoms with E-state index in [1.54, 1.807) is 24.3 Å². The highest BCUT2D eigenvalue weighted by atomic mass is 19.1. The van der Waals surface area contributed by atoms with Gasteiger partial charge in [-0.2, -0.15) is 5.26 Å². The molecule has 0 aliphatic rings. The molecule has 1 aromatic heterocycles. The van der Waals surface area contributed by atoms with E-state index in [1.165, 1.54) is 12.1 Å². The first kappa shape index (κ1) is 17.4. The van der Waals surface area contributed by atoms with Crippen LogP contribution in [0.15, 0.2) is 65.1 Å². The van der Waals surface area contributed by atoms with Crippen LogP contribution in [0.4, 0.5) is 10.1 Å². The van der Waals surface area contributed by atoms with E-state index in [9.17, 15) is 9.18 Å². The van der Waals surface area contributed by atoms with E-state index >= 15 is 0 Å². The molecule has 0 radical (unpaired) electrons. The molecule has 0 fully saturated rings. The molecular weight excluding hydrogens is 357 g/mol. The minimum Gasteiger partial charge on any atom is -0.436 e. The summed E-state index contributed by atoms with van der Waals surface area (Å²) in [4.78, 5) is 16.7. The first-order chi connectivity index (χ1) is 13.5. The molecule has 1 N–H and O–H groups in total. The molecular formula is C22H14FN3O2. The number of hydrogen-bond donors (Lipinski definition) is 1. The highest BCUT2D eigenvalue weighted by molar-refractivity contribution is 6.04. The third kappa shape index (κ3) is 3.33. The van der Waals surface area contributed by atoms with Gasteiger partial charge in [0.2, 0.25) is 5.89 Å². The Morgan fingerprint density at radius 3 is 2.61 bits per heavy atom. The van der Waals surface area contributed by atoms with Crippen LogP contribution in [-0.2, 0) is 0 Å². The zero-order chi connectivity index (χ0) is 19.7. The van der Waals surface area contributed by atoms with Gasteiger partial charge in [-0.3, -0.25) is 4.79 Å². The van der Waals surface area contributed by atoms with Gasteiger partial charge in [0.25, 0.3) is 5.91 Å². The number of fused-ring (bicyclic) bond motifs is 1. The molecule has 0 unspecified atom stereocenters. The zero-order valence-corrected chi connectivity index (χ0v) is 14.9. The number of nitrogens with one attached hydrogen (secondary N) is 1. The van der Waals surface area contributed by atoms with Gasteiger partial charge >= 0.3 is 0 Å². The molecule has 0 atom stereocenters. The predicted molar refractivity (Wildman–Crippen MR) is 103 cm³/mol. The number of halogens is 1. The van der Waals surface area contributed by atoms with Gasteiger partial charge in [0.1, 0.15) is 11.3 Å². The molecule has 136 valence electrons. The Bertz CT molecular complexity index is 1240. The average molecular weight is 371 g/mol. The molecule has 0 bridgehead atoms. The maximum Gasteiger partial charge on any atom is 0.258 e. The lowest BCUT2D eigenvalue weighted by molar-refractivity contribution is 0.102. The summed E-state index contributed by atoms with van der Waals surface area (Å²) in [5.74, 6) is -0.848. The van der Waals surface area contributed by atoms with E-state index in [4.69, 9.17) is 9.68 Å². The maximum absolute atomic E-state index is 14.0. The third-order valence-electron chi connectivity index (χ3n) is 4.28. The fraction of sp³-hybridized carbons (Fsp3) is 0.0455. The van der Waals surface area contributed by atoms with Crippen LogP contribution in [0.5, 0.6) is 0 Å². The Morgan fingerprint density at radius 1 is 1.11 bits per heavy atom. The minimum absolute atomic E-state index is 0.127. The number of aromatic nitrogens is 1. The maximum atomic E-state index is 14.0. The second-order valence-corrected chi connectivity index (χ2v) is 6.33. The summed E-state index contributed by atoms with van der Waals surface area (Å²) >= 11 is 0. The number of anilines is 1. The van der Waals surface area contributed by atoms with Crippen molar-refractivity contribution in [2.24, 2.45) is 0 Å². The van der Waals surface area contributed by atoms with Crippen LogP contribution in [0.1, 0.15) is 21.5 Å². The van der Waals surface area contributed by atoms with E-state index in [0.717, 1.165) is 22.7 Å². The number of carbonyl (C=O) groups is 1. The number of oxazole rings is 1. The number of carbonyl (C=O) groups excluding carboxylic acids is 1. The fourth-order valence-corrected chi connectivity index (χ4v) is 2.82. The van der Waals surface area contributed by atoms with Gasteiger partial charge in [0, 0.05) is 11.3 Å². The first-order valence-corrected chi connectivity index (χ1v) is 8.52. The largest absolute Gasteiger partial charge is 0.436 e. The second-order valence-electron chi connectivity index (χ2n) is 6.33. The third-order valence-corrected chi connectivity index (χ3v) is 4.28. The van der Waals surface area contributed by atoms with Crippen molar-refractivity contribution in [3.63, 3.8) is 0 Å². The number of rotatable bonds is 3. The predicted octanol–water partition coefficient (Wildman–Crippen LogP) is 5.07. The van der Waals surface area contributed by atoms with Crippen LogP contribution in [0, 0.1) is 24.1 Å². The normalized spacial score (nSPS) is 10.6. The molecule has 0 spiro atoms. The first-order valence-electron chi connectivity index (χ1n) is 8.52. The van der Waals surface area contributed by atoms with E-state index in [0.29, 0.717) is 17.2 Å². The molecule has 0 saturated heterocycles. The lowest BCUT2D eigenvalue weighted by Gasteiger charge is -2.07. The van der Waals surface area contributed by atoms with Gasteiger partial charge in [-0.05, 0) is 67.1 Å². The topological polar surface area (TPSA) is 78.9 Å². The highest BCUT2D eigenvalue weighted by Crippen LogP contribution is 2.26. The van der Waals surface area contributed by atoms with Gasteiger partial charge in [-0.25, -0.2) is 9.37 Å².